The zero-order chi connectivity index (χ0) is 13.1. The topological polar surface area (TPSA) is 49.3 Å². The summed E-state index contributed by atoms with van der Waals surface area (Å²) in [7, 11) is 0. The first-order valence-corrected chi connectivity index (χ1v) is 7.71. The molecule has 0 fully saturated rings. The van der Waals surface area contributed by atoms with Crippen molar-refractivity contribution >= 4 is 49.2 Å². The van der Waals surface area contributed by atoms with Crippen LogP contribution in [0.2, 0.25) is 0 Å². The fourth-order valence-corrected chi connectivity index (χ4v) is 3.65. The van der Waals surface area contributed by atoms with Crippen molar-refractivity contribution in [2.24, 2.45) is 0 Å². The first kappa shape index (κ1) is 15.1. The van der Waals surface area contributed by atoms with Gasteiger partial charge in [0.05, 0.1) is 3.79 Å². The molecule has 1 aromatic rings. The standard InChI is InChI=1S/C11H15Br2NO2S/c1-3-4-11(2,10(15)16)14-6-7-5-8(12)9(13)17-7/h5,14H,3-4,6H2,1-2H3,(H,15,16). The summed E-state index contributed by atoms with van der Waals surface area (Å²) in [5.74, 6) is -0.797. The van der Waals surface area contributed by atoms with Crippen LogP contribution in [-0.2, 0) is 11.3 Å². The number of halogens is 2. The lowest BCUT2D eigenvalue weighted by atomic mass is 9.96. The van der Waals surface area contributed by atoms with E-state index in [1.807, 2.05) is 13.0 Å². The summed E-state index contributed by atoms with van der Waals surface area (Å²) in [6.07, 6.45) is 1.46. The third-order valence-corrected chi connectivity index (χ3v) is 5.83. The number of rotatable bonds is 6. The zero-order valence-electron chi connectivity index (χ0n) is 9.72. The van der Waals surface area contributed by atoms with Crippen molar-refractivity contribution in [2.75, 3.05) is 0 Å². The Morgan fingerprint density at radius 3 is 2.65 bits per heavy atom. The molecule has 0 bridgehead atoms. The summed E-state index contributed by atoms with van der Waals surface area (Å²) in [5.41, 5.74) is -0.850. The first-order valence-electron chi connectivity index (χ1n) is 5.31. The molecule has 0 aliphatic carbocycles. The second kappa shape index (κ2) is 6.31. The maximum Gasteiger partial charge on any atom is 0.323 e. The second-order valence-electron chi connectivity index (χ2n) is 4.08. The van der Waals surface area contributed by atoms with Crippen molar-refractivity contribution in [1.29, 1.82) is 0 Å². The van der Waals surface area contributed by atoms with Gasteiger partial charge >= 0.3 is 5.97 Å². The van der Waals surface area contributed by atoms with E-state index in [-0.39, 0.29) is 0 Å². The lowest BCUT2D eigenvalue weighted by Crippen LogP contribution is -2.48. The molecule has 1 aromatic heterocycles. The van der Waals surface area contributed by atoms with Crippen molar-refractivity contribution in [3.8, 4) is 0 Å². The van der Waals surface area contributed by atoms with Crippen LogP contribution in [0.25, 0.3) is 0 Å². The van der Waals surface area contributed by atoms with Crippen LogP contribution in [0.1, 0.15) is 31.6 Å². The van der Waals surface area contributed by atoms with Gasteiger partial charge < -0.3 is 5.11 Å². The number of aliphatic carboxylic acids is 1. The van der Waals surface area contributed by atoms with Gasteiger partial charge in [0.1, 0.15) is 5.54 Å². The number of thiophene rings is 1. The van der Waals surface area contributed by atoms with Gasteiger partial charge in [-0.1, -0.05) is 13.3 Å². The van der Waals surface area contributed by atoms with E-state index < -0.39 is 11.5 Å². The minimum absolute atomic E-state index is 0.567. The van der Waals surface area contributed by atoms with Gasteiger partial charge in [-0.05, 0) is 51.3 Å². The lowest BCUT2D eigenvalue weighted by molar-refractivity contribution is -0.144. The summed E-state index contributed by atoms with van der Waals surface area (Å²) >= 11 is 8.44. The number of hydrogen-bond donors (Lipinski definition) is 2. The van der Waals surface area contributed by atoms with Gasteiger partial charge in [0.2, 0.25) is 0 Å². The highest BCUT2D eigenvalue weighted by Gasteiger charge is 2.31. The van der Waals surface area contributed by atoms with E-state index in [1.54, 1.807) is 18.3 Å². The second-order valence-corrected chi connectivity index (χ2v) is 7.38. The fourth-order valence-electron chi connectivity index (χ4n) is 1.53. The quantitative estimate of drug-likeness (QED) is 0.778. The Kier molecular flexibility index (Phi) is 5.63. The Morgan fingerprint density at radius 2 is 2.24 bits per heavy atom. The van der Waals surface area contributed by atoms with Crippen molar-refractivity contribution in [1.82, 2.24) is 5.32 Å². The third-order valence-electron chi connectivity index (χ3n) is 2.57. The third kappa shape index (κ3) is 4.05. The molecule has 1 unspecified atom stereocenters. The molecular formula is C11H15Br2NO2S. The SMILES string of the molecule is CCCC(C)(NCc1cc(Br)c(Br)s1)C(=O)O. The van der Waals surface area contributed by atoms with E-state index in [0.29, 0.717) is 13.0 Å². The average molecular weight is 385 g/mol. The van der Waals surface area contributed by atoms with E-state index in [9.17, 15) is 9.90 Å². The first-order chi connectivity index (χ1) is 7.89. The lowest BCUT2D eigenvalue weighted by Gasteiger charge is -2.25. The molecule has 0 saturated carbocycles. The monoisotopic (exact) mass is 383 g/mol. The Labute approximate surface area is 122 Å². The van der Waals surface area contributed by atoms with Gasteiger partial charge in [-0.25, -0.2) is 0 Å². The van der Waals surface area contributed by atoms with Crippen LogP contribution < -0.4 is 5.32 Å². The van der Waals surface area contributed by atoms with Crippen LogP contribution in [0.15, 0.2) is 14.3 Å². The van der Waals surface area contributed by atoms with Crippen molar-refractivity contribution < 1.29 is 9.90 Å². The van der Waals surface area contributed by atoms with E-state index in [0.717, 1.165) is 19.6 Å². The summed E-state index contributed by atoms with van der Waals surface area (Å²) in [4.78, 5) is 12.3. The molecule has 0 aliphatic rings. The molecule has 1 rings (SSSR count). The predicted octanol–water partition coefficient (Wildman–Crippen LogP) is 4.01. The molecule has 0 aliphatic heterocycles. The van der Waals surface area contributed by atoms with Crippen molar-refractivity contribution in [2.45, 2.75) is 38.8 Å². The molecule has 0 spiro atoms. The minimum Gasteiger partial charge on any atom is -0.480 e. The van der Waals surface area contributed by atoms with Gasteiger partial charge in [-0.2, -0.15) is 0 Å². The number of carbonyl (C=O) groups is 1. The largest absolute Gasteiger partial charge is 0.480 e. The number of carboxylic acid groups (broad SMARTS) is 1. The average Bonchev–Trinajstić information content (AvgIpc) is 2.56. The Balaban J connectivity index is 2.67. The molecule has 2 N–H and O–H groups in total. The van der Waals surface area contributed by atoms with Crippen LogP contribution in [0.3, 0.4) is 0 Å². The van der Waals surface area contributed by atoms with Gasteiger partial charge in [-0.15, -0.1) is 11.3 Å². The molecule has 6 heteroatoms. The van der Waals surface area contributed by atoms with Crippen molar-refractivity contribution in [3.05, 3.63) is 19.2 Å². The Hall–Kier alpha value is 0.0900. The molecule has 17 heavy (non-hydrogen) atoms. The van der Waals surface area contributed by atoms with Gasteiger partial charge in [-0.3, -0.25) is 10.1 Å². The highest BCUT2D eigenvalue weighted by atomic mass is 79.9. The Bertz CT molecular complexity index is 389. The zero-order valence-corrected chi connectivity index (χ0v) is 13.7. The maximum absolute atomic E-state index is 11.2. The minimum atomic E-state index is -0.850. The number of nitrogens with one attached hydrogen (secondary N) is 1. The highest BCUT2D eigenvalue weighted by molar-refractivity contribution is 9.13. The molecule has 0 radical (unpaired) electrons. The van der Waals surface area contributed by atoms with Crippen molar-refractivity contribution in [3.63, 3.8) is 0 Å². The maximum atomic E-state index is 11.2. The van der Waals surface area contributed by atoms with Crippen LogP contribution in [0.4, 0.5) is 0 Å². The molecule has 0 aromatic carbocycles. The molecule has 0 saturated heterocycles. The number of carboxylic acids is 1. The molecule has 1 atom stereocenters. The van der Waals surface area contributed by atoms with Crippen LogP contribution in [-0.4, -0.2) is 16.6 Å². The molecular weight excluding hydrogens is 370 g/mol. The summed E-state index contributed by atoms with van der Waals surface area (Å²) < 4.78 is 2.04. The molecule has 1 heterocycles. The Morgan fingerprint density at radius 1 is 1.59 bits per heavy atom. The summed E-state index contributed by atoms with van der Waals surface area (Å²) in [6.45, 7) is 4.29. The molecule has 3 nitrogen and oxygen atoms in total. The summed E-state index contributed by atoms with van der Waals surface area (Å²) in [5, 5.41) is 12.3. The smallest absolute Gasteiger partial charge is 0.323 e. The van der Waals surface area contributed by atoms with Gasteiger partial charge in [0.25, 0.3) is 0 Å². The van der Waals surface area contributed by atoms with Crippen LogP contribution in [0, 0.1) is 0 Å². The highest BCUT2D eigenvalue weighted by Crippen LogP contribution is 2.32. The fraction of sp³-hybridized carbons (Fsp3) is 0.545. The summed E-state index contributed by atoms with van der Waals surface area (Å²) in [6, 6.07) is 2.00. The van der Waals surface area contributed by atoms with Crippen LogP contribution in [0.5, 0.6) is 0 Å². The van der Waals surface area contributed by atoms with Crippen LogP contribution >= 0.6 is 43.2 Å². The van der Waals surface area contributed by atoms with E-state index in [2.05, 4.69) is 37.2 Å². The molecule has 96 valence electrons. The van der Waals surface area contributed by atoms with E-state index in [1.165, 1.54) is 0 Å². The predicted molar refractivity (Wildman–Crippen MR) is 77.5 cm³/mol. The normalized spacial score (nSPS) is 14.6. The van der Waals surface area contributed by atoms with E-state index in [4.69, 9.17) is 0 Å². The number of hydrogen-bond acceptors (Lipinski definition) is 3. The van der Waals surface area contributed by atoms with E-state index >= 15 is 0 Å². The molecule has 0 amide bonds. The van der Waals surface area contributed by atoms with Gasteiger partial charge in [0.15, 0.2) is 0 Å². The van der Waals surface area contributed by atoms with Gasteiger partial charge in [0, 0.05) is 15.9 Å².